The van der Waals surface area contributed by atoms with Crippen LogP contribution in [0.15, 0.2) is 0 Å². The molecule has 36 valence electrons. The van der Waals surface area contributed by atoms with Crippen LogP contribution in [0.2, 0.25) is 0 Å². The molecule has 0 aliphatic heterocycles. The van der Waals surface area contributed by atoms with E-state index in [2.05, 4.69) is 0 Å². The average molecular weight is 416 g/mol. The van der Waals surface area contributed by atoms with Crippen molar-refractivity contribution in [3.63, 3.8) is 0 Å². The molecule has 0 N–H and O–H groups in total. The predicted octanol–water partition coefficient (Wildman–Crippen LogP) is -0.361. The van der Waals surface area contributed by atoms with Crippen LogP contribution in [-0.2, 0) is 58.6 Å². The van der Waals surface area contributed by atoms with E-state index in [-0.39, 0.29) is 58.6 Å². The molecule has 0 fully saturated rings. The summed E-state index contributed by atoms with van der Waals surface area (Å²) in [5, 5.41) is 0. The van der Waals surface area contributed by atoms with Crippen LogP contribution in [-0.4, -0.2) is 0 Å². The van der Waals surface area contributed by atoms with Crippen molar-refractivity contribution in [3.05, 3.63) is 0 Å². The van der Waals surface area contributed by atoms with Crippen molar-refractivity contribution in [1.29, 1.82) is 0 Å². The van der Waals surface area contributed by atoms with E-state index >= 15 is 0 Å². The topological polar surface area (TPSA) is 85.5 Å². The normalized spacial score (nSPS) is 0. The largest absolute Gasteiger partial charge is 2.00 e. The Labute approximate surface area is 58.6 Å². The molecule has 0 amide bonds. The van der Waals surface area contributed by atoms with Crippen molar-refractivity contribution in [2.45, 2.75) is 0 Å². The number of hydrogen-bond acceptors (Lipinski definition) is 0. The molecular formula is O3W2-6. The molecule has 0 radical (unpaired) electrons. The second-order valence-corrected chi connectivity index (χ2v) is 0. The smallest absolute Gasteiger partial charge is 0 e. The van der Waals surface area contributed by atoms with Gasteiger partial charge in [0.2, 0.25) is 0 Å². The fourth-order valence-electron chi connectivity index (χ4n) is 0. The van der Waals surface area contributed by atoms with Crippen LogP contribution >= 0.6 is 0 Å². The Morgan fingerprint density at radius 1 is 0.400 bits per heavy atom. The monoisotopic (exact) mass is 416 g/mol. The molecule has 5 heteroatoms. The Bertz CT molecular complexity index is 4.85. The maximum atomic E-state index is 0. The minimum absolute atomic E-state index is 0. The molecule has 3 nitrogen and oxygen atoms in total. The summed E-state index contributed by atoms with van der Waals surface area (Å²) >= 11 is 0. The molecule has 0 atom stereocenters. The maximum absolute atomic E-state index is 0. The first-order valence-corrected chi connectivity index (χ1v) is 0. The third-order valence-corrected chi connectivity index (χ3v) is 0. The molecule has 0 aliphatic rings. The van der Waals surface area contributed by atoms with E-state index in [0.717, 1.165) is 0 Å². The Morgan fingerprint density at radius 2 is 0.400 bits per heavy atom. The van der Waals surface area contributed by atoms with Crippen LogP contribution in [0.25, 0.3) is 0 Å². The zero-order valence-corrected chi connectivity index (χ0v) is 7.91. The average Bonchev–Trinajstić information content (AvgIpc) is 0. The van der Waals surface area contributed by atoms with E-state index in [9.17, 15) is 0 Å². The Balaban J connectivity index is 0. The van der Waals surface area contributed by atoms with Crippen molar-refractivity contribution in [1.82, 2.24) is 0 Å². The van der Waals surface area contributed by atoms with Crippen molar-refractivity contribution < 1.29 is 58.6 Å². The summed E-state index contributed by atoms with van der Waals surface area (Å²) in [4.78, 5) is 0. The van der Waals surface area contributed by atoms with Gasteiger partial charge in [-0.25, -0.2) is 0 Å². The van der Waals surface area contributed by atoms with Gasteiger partial charge in [0.1, 0.15) is 0 Å². The fraction of sp³-hybridized carbons (Fsp3) is 0. The molecule has 0 saturated heterocycles. The van der Waals surface area contributed by atoms with Gasteiger partial charge in [0.25, 0.3) is 0 Å². The first-order chi connectivity index (χ1) is 0. The van der Waals surface area contributed by atoms with Crippen LogP contribution in [0.4, 0.5) is 0 Å². The van der Waals surface area contributed by atoms with Gasteiger partial charge in [0, 0.05) is 42.1 Å². The van der Waals surface area contributed by atoms with Crippen LogP contribution in [0.5, 0.6) is 0 Å². The summed E-state index contributed by atoms with van der Waals surface area (Å²) in [5.41, 5.74) is 0. The van der Waals surface area contributed by atoms with Crippen LogP contribution in [0.1, 0.15) is 0 Å². The third-order valence-electron chi connectivity index (χ3n) is 0. The molecule has 5 heavy (non-hydrogen) atoms. The van der Waals surface area contributed by atoms with Crippen molar-refractivity contribution in [2.75, 3.05) is 0 Å². The van der Waals surface area contributed by atoms with Gasteiger partial charge in [-0.3, -0.25) is 0 Å². The molecule has 0 aromatic carbocycles. The van der Waals surface area contributed by atoms with E-state index in [0.29, 0.717) is 0 Å². The maximum Gasteiger partial charge on any atom is 0 e. The van der Waals surface area contributed by atoms with E-state index in [1.165, 1.54) is 0 Å². The quantitative estimate of drug-likeness (QED) is 0.517. The summed E-state index contributed by atoms with van der Waals surface area (Å²) in [7, 11) is 0. The van der Waals surface area contributed by atoms with Gasteiger partial charge in [-0.15, -0.1) is 0 Å². The molecule has 0 aromatic heterocycles. The standard InChI is InChI=1S/3O.2W/q3*-2;;. The predicted molar refractivity (Wildman–Crippen MR) is 2.06 cm³/mol. The first kappa shape index (κ1) is 109. The molecule has 0 aromatic rings. The van der Waals surface area contributed by atoms with Gasteiger partial charge >= 0.3 is 0 Å². The number of rotatable bonds is 0. The molecule has 0 aliphatic carbocycles. The minimum atomic E-state index is 0. The zero-order valence-electron chi connectivity index (χ0n) is 2.04. The summed E-state index contributed by atoms with van der Waals surface area (Å²) in [6, 6.07) is 0. The second kappa shape index (κ2) is 60.3. The van der Waals surface area contributed by atoms with E-state index in [1.54, 1.807) is 0 Å². The summed E-state index contributed by atoms with van der Waals surface area (Å²) in [5.74, 6) is 0. The van der Waals surface area contributed by atoms with Crippen molar-refractivity contribution >= 4 is 0 Å². The third kappa shape index (κ3) is 35.3. The Morgan fingerprint density at radius 3 is 0.400 bits per heavy atom. The van der Waals surface area contributed by atoms with Crippen molar-refractivity contribution in [2.24, 2.45) is 0 Å². The zero-order chi connectivity index (χ0) is 0. The first-order valence-electron chi connectivity index (χ1n) is 0. The van der Waals surface area contributed by atoms with E-state index < -0.39 is 0 Å². The van der Waals surface area contributed by atoms with E-state index in [4.69, 9.17) is 0 Å². The van der Waals surface area contributed by atoms with Gasteiger partial charge in [0.05, 0.1) is 0 Å². The van der Waals surface area contributed by atoms with Gasteiger partial charge in [-0.05, 0) is 0 Å². The van der Waals surface area contributed by atoms with Gasteiger partial charge in [0.15, 0.2) is 0 Å². The van der Waals surface area contributed by atoms with Crippen LogP contribution < -0.4 is 0 Å². The Kier molecular flexibility index (Phi) is 1320. The summed E-state index contributed by atoms with van der Waals surface area (Å²) < 4.78 is 0. The SMILES string of the molecule is [O-2].[O-2].[O-2].[W].[W]. The van der Waals surface area contributed by atoms with Gasteiger partial charge < -0.3 is 16.4 Å². The molecule has 0 spiro atoms. The number of hydrogen-bond donors (Lipinski definition) is 0. The molecule has 0 rings (SSSR count). The fourth-order valence-corrected chi connectivity index (χ4v) is 0. The second-order valence-electron chi connectivity index (χ2n) is 0. The van der Waals surface area contributed by atoms with Crippen molar-refractivity contribution in [3.8, 4) is 0 Å². The van der Waals surface area contributed by atoms with Crippen LogP contribution in [0, 0.1) is 0 Å². The minimum Gasteiger partial charge on any atom is -2.00 e. The van der Waals surface area contributed by atoms with E-state index in [1.807, 2.05) is 0 Å². The molecule has 0 bridgehead atoms. The van der Waals surface area contributed by atoms with Crippen LogP contribution in [0.3, 0.4) is 0 Å². The molecular weight excluding hydrogens is 416 g/mol. The molecule has 0 saturated carbocycles. The van der Waals surface area contributed by atoms with Gasteiger partial charge in [-0.1, -0.05) is 0 Å². The molecule has 0 heterocycles. The Hall–Kier alpha value is 1.26. The molecule has 0 unspecified atom stereocenters. The summed E-state index contributed by atoms with van der Waals surface area (Å²) in [6.45, 7) is 0. The van der Waals surface area contributed by atoms with Gasteiger partial charge in [-0.2, -0.15) is 0 Å². The summed E-state index contributed by atoms with van der Waals surface area (Å²) in [6.07, 6.45) is 0.